The summed E-state index contributed by atoms with van der Waals surface area (Å²) in [5, 5.41) is 4.73. The fraction of sp³-hybridized carbons (Fsp3) is 0. The second-order valence-corrected chi connectivity index (χ2v) is 14.5. The van der Waals surface area contributed by atoms with E-state index in [4.69, 9.17) is 4.42 Å². The first-order chi connectivity index (χ1) is 28.3. The number of hydrogen-bond acceptors (Lipinski definition) is 2. The first-order valence-corrected chi connectivity index (χ1v) is 19.4. The molecule has 11 rings (SSSR count). The molecule has 0 fully saturated rings. The van der Waals surface area contributed by atoms with Gasteiger partial charge in [-0.15, -0.1) is 0 Å². The van der Waals surface area contributed by atoms with Crippen molar-refractivity contribution in [3.8, 4) is 39.1 Å². The number of benzene rings is 9. The quantitative estimate of drug-likeness (QED) is 0.163. The standard InChI is InChI=1S/C54H36N2O/c1-3-14-37(15-4-1)38-28-32-43(33-29-38)55(51-26-13-23-47-46-20-8-10-27-52(46)57-54(47)51)44-34-30-39(31-35-44)40-16-11-17-41(36-40)45-22-12-25-50-53(45)48-21-7-9-24-49(48)56(50)42-18-5-2-6-19-42/h1-36H. The molecule has 57 heavy (non-hydrogen) atoms. The number of nitrogens with zero attached hydrogens (tertiary/aromatic N) is 2. The number of anilines is 3. The van der Waals surface area contributed by atoms with Crippen molar-refractivity contribution in [2.24, 2.45) is 0 Å². The average Bonchev–Trinajstić information content (AvgIpc) is 3.84. The zero-order valence-corrected chi connectivity index (χ0v) is 31.1. The van der Waals surface area contributed by atoms with E-state index < -0.39 is 0 Å². The van der Waals surface area contributed by atoms with E-state index in [1.54, 1.807) is 0 Å². The van der Waals surface area contributed by atoms with Crippen molar-refractivity contribution in [2.75, 3.05) is 4.90 Å². The predicted molar refractivity (Wildman–Crippen MR) is 239 cm³/mol. The van der Waals surface area contributed by atoms with E-state index in [1.165, 1.54) is 49.6 Å². The summed E-state index contributed by atoms with van der Waals surface area (Å²) in [5.74, 6) is 0. The van der Waals surface area contributed by atoms with Crippen LogP contribution in [-0.4, -0.2) is 4.57 Å². The van der Waals surface area contributed by atoms with E-state index >= 15 is 0 Å². The average molecular weight is 729 g/mol. The van der Waals surface area contributed by atoms with Crippen LogP contribution in [0.25, 0.3) is 82.8 Å². The van der Waals surface area contributed by atoms with Crippen LogP contribution in [0.15, 0.2) is 223 Å². The van der Waals surface area contributed by atoms with Gasteiger partial charge >= 0.3 is 0 Å². The van der Waals surface area contributed by atoms with Gasteiger partial charge in [0.1, 0.15) is 5.58 Å². The minimum absolute atomic E-state index is 0.866. The van der Waals surface area contributed by atoms with Crippen LogP contribution < -0.4 is 4.90 Å². The molecule has 9 aromatic carbocycles. The first kappa shape index (κ1) is 32.8. The van der Waals surface area contributed by atoms with Crippen LogP contribution >= 0.6 is 0 Å². The minimum atomic E-state index is 0.866. The maximum absolute atomic E-state index is 6.59. The fourth-order valence-corrected chi connectivity index (χ4v) is 8.55. The maximum atomic E-state index is 6.59. The highest BCUT2D eigenvalue weighted by molar-refractivity contribution is 6.16. The molecule has 268 valence electrons. The molecule has 2 heterocycles. The monoisotopic (exact) mass is 728 g/mol. The van der Waals surface area contributed by atoms with Gasteiger partial charge in [0.25, 0.3) is 0 Å². The number of rotatable bonds is 7. The van der Waals surface area contributed by atoms with E-state index in [2.05, 4.69) is 216 Å². The van der Waals surface area contributed by atoms with Gasteiger partial charge < -0.3 is 13.9 Å². The van der Waals surface area contributed by atoms with Gasteiger partial charge in [-0.25, -0.2) is 0 Å². The molecule has 0 N–H and O–H groups in total. The lowest BCUT2D eigenvalue weighted by Crippen LogP contribution is -2.10. The molecule has 0 aliphatic heterocycles. The summed E-state index contributed by atoms with van der Waals surface area (Å²) in [6.07, 6.45) is 0. The highest BCUT2D eigenvalue weighted by Gasteiger charge is 2.20. The van der Waals surface area contributed by atoms with Crippen molar-refractivity contribution in [2.45, 2.75) is 0 Å². The number of para-hydroxylation sites is 4. The van der Waals surface area contributed by atoms with E-state index in [1.807, 2.05) is 12.1 Å². The van der Waals surface area contributed by atoms with E-state index in [0.717, 1.165) is 50.3 Å². The largest absolute Gasteiger partial charge is 0.454 e. The molecule has 0 unspecified atom stereocenters. The van der Waals surface area contributed by atoms with Gasteiger partial charge in [-0.2, -0.15) is 0 Å². The summed E-state index contributed by atoms with van der Waals surface area (Å²) in [7, 11) is 0. The Labute approximate surface area is 330 Å². The van der Waals surface area contributed by atoms with Crippen LogP contribution in [0.2, 0.25) is 0 Å². The Hall–Kier alpha value is -7.62. The molecule has 11 aromatic rings. The number of aromatic nitrogens is 1. The normalized spacial score (nSPS) is 11.5. The summed E-state index contributed by atoms with van der Waals surface area (Å²) in [4.78, 5) is 2.31. The van der Waals surface area contributed by atoms with Crippen LogP contribution in [0.3, 0.4) is 0 Å². The topological polar surface area (TPSA) is 21.3 Å². The Morgan fingerprint density at radius 2 is 0.912 bits per heavy atom. The molecule has 3 nitrogen and oxygen atoms in total. The molecule has 0 spiro atoms. The van der Waals surface area contributed by atoms with E-state index in [9.17, 15) is 0 Å². The Balaban J connectivity index is 1.01. The number of furan rings is 1. The molecule has 0 atom stereocenters. The van der Waals surface area contributed by atoms with Crippen LogP contribution in [0.4, 0.5) is 17.1 Å². The van der Waals surface area contributed by atoms with Crippen molar-refractivity contribution in [3.05, 3.63) is 218 Å². The van der Waals surface area contributed by atoms with Gasteiger partial charge in [-0.1, -0.05) is 152 Å². The highest BCUT2D eigenvalue weighted by atomic mass is 16.3. The third-order valence-electron chi connectivity index (χ3n) is 11.2. The first-order valence-electron chi connectivity index (χ1n) is 19.4. The molecule has 0 radical (unpaired) electrons. The number of fused-ring (bicyclic) bond motifs is 6. The van der Waals surface area contributed by atoms with Gasteiger partial charge in [0.05, 0.1) is 16.7 Å². The van der Waals surface area contributed by atoms with Gasteiger partial charge in [-0.05, 0) is 100 Å². The minimum Gasteiger partial charge on any atom is -0.454 e. The summed E-state index contributed by atoms with van der Waals surface area (Å²) >= 11 is 0. The molecular formula is C54H36N2O. The molecule has 0 aliphatic rings. The lowest BCUT2D eigenvalue weighted by Gasteiger charge is -2.26. The van der Waals surface area contributed by atoms with E-state index in [-0.39, 0.29) is 0 Å². The second kappa shape index (κ2) is 13.6. The van der Waals surface area contributed by atoms with Crippen molar-refractivity contribution in [1.82, 2.24) is 4.57 Å². The van der Waals surface area contributed by atoms with Crippen LogP contribution in [-0.2, 0) is 0 Å². The van der Waals surface area contributed by atoms with Gasteiger partial charge in [0.2, 0.25) is 0 Å². The Morgan fingerprint density at radius 3 is 1.68 bits per heavy atom. The van der Waals surface area contributed by atoms with E-state index in [0.29, 0.717) is 0 Å². The van der Waals surface area contributed by atoms with Crippen molar-refractivity contribution in [3.63, 3.8) is 0 Å². The molecule has 0 saturated carbocycles. The summed E-state index contributed by atoms with van der Waals surface area (Å²) in [6, 6.07) is 78.0. The number of hydrogen-bond donors (Lipinski definition) is 0. The lowest BCUT2D eigenvalue weighted by molar-refractivity contribution is 0.669. The molecule has 0 saturated heterocycles. The molecule has 0 bridgehead atoms. The molecule has 0 amide bonds. The van der Waals surface area contributed by atoms with Crippen LogP contribution in [0.1, 0.15) is 0 Å². The van der Waals surface area contributed by atoms with Crippen molar-refractivity contribution >= 4 is 60.8 Å². The second-order valence-electron chi connectivity index (χ2n) is 14.5. The van der Waals surface area contributed by atoms with Gasteiger partial charge in [0.15, 0.2) is 5.58 Å². The van der Waals surface area contributed by atoms with Crippen LogP contribution in [0.5, 0.6) is 0 Å². The molecule has 3 heteroatoms. The summed E-state index contributed by atoms with van der Waals surface area (Å²) in [6.45, 7) is 0. The maximum Gasteiger partial charge on any atom is 0.159 e. The summed E-state index contributed by atoms with van der Waals surface area (Å²) < 4.78 is 8.97. The Bertz CT molecular complexity index is 3210. The zero-order valence-electron chi connectivity index (χ0n) is 31.1. The van der Waals surface area contributed by atoms with Crippen molar-refractivity contribution < 1.29 is 4.42 Å². The SMILES string of the molecule is c1ccc(-c2ccc(N(c3ccc(-c4cccc(-c5cccc6c5c5ccccc5n6-c5ccccc5)c4)cc3)c3cccc4c3oc3ccccc34)cc2)cc1. The summed E-state index contributed by atoms with van der Waals surface area (Å²) in [5.41, 5.74) is 15.5. The molecule has 2 aromatic heterocycles. The lowest BCUT2D eigenvalue weighted by atomic mass is 9.95. The van der Waals surface area contributed by atoms with Gasteiger partial charge in [0, 0.05) is 38.6 Å². The Morgan fingerprint density at radius 1 is 0.368 bits per heavy atom. The highest BCUT2D eigenvalue weighted by Crippen LogP contribution is 2.44. The predicted octanol–water partition coefficient (Wildman–Crippen LogP) is 15.2. The molecular weight excluding hydrogens is 693 g/mol. The third kappa shape index (κ3) is 5.60. The van der Waals surface area contributed by atoms with Gasteiger partial charge in [-0.3, -0.25) is 0 Å². The third-order valence-corrected chi connectivity index (χ3v) is 11.2. The Kier molecular flexibility index (Phi) is 7.82. The molecule has 0 aliphatic carbocycles. The van der Waals surface area contributed by atoms with Crippen LogP contribution in [0, 0.1) is 0 Å². The fourth-order valence-electron chi connectivity index (χ4n) is 8.55. The zero-order chi connectivity index (χ0) is 37.7. The van der Waals surface area contributed by atoms with Crippen molar-refractivity contribution in [1.29, 1.82) is 0 Å². The smallest absolute Gasteiger partial charge is 0.159 e.